The highest BCUT2D eigenvalue weighted by Gasteiger charge is 2.15. The number of aliphatic hydroxyl groups is 1. The lowest BCUT2D eigenvalue weighted by molar-refractivity contribution is 0.262. The topological polar surface area (TPSA) is 60.2 Å². The van der Waals surface area contributed by atoms with Gasteiger partial charge in [0.25, 0.3) is 0 Å². The lowest BCUT2D eigenvalue weighted by atomic mass is 10.1. The number of rotatable bonds is 5. The summed E-state index contributed by atoms with van der Waals surface area (Å²) >= 11 is 0. The summed E-state index contributed by atoms with van der Waals surface area (Å²) in [5.41, 5.74) is 4.32. The molecule has 1 aromatic heterocycles. The van der Waals surface area contributed by atoms with Gasteiger partial charge >= 0.3 is 0 Å². The van der Waals surface area contributed by atoms with Gasteiger partial charge in [-0.2, -0.15) is 0 Å². The Balaban J connectivity index is 1.92. The smallest absolute Gasteiger partial charge is 0.132 e. The van der Waals surface area contributed by atoms with Crippen LogP contribution in [0.1, 0.15) is 22.5 Å². The summed E-state index contributed by atoms with van der Waals surface area (Å²) in [5.74, 6) is 0.859. The maximum atomic E-state index is 9.51. The maximum Gasteiger partial charge on any atom is 0.132 e. The quantitative estimate of drug-likeness (QED) is 0.787. The Labute approximate surface area is 135 Å². The van der Waals surface area contributed by atoms with Crippen molar-refractivity contribution in [3.63, 3.8) is 0 Å². The van der Waals surface area contributed by atoms with E-state index in [-0.39, 0.29) is 6.61 Å². The van der Waals surface area contributed by atoms with Crippen LogP contribution < -0.4 is 4.74 Å². The van der Waals surface area contributed by atoms with Crippen molar-refractivity contribution in [1.82, 2.24) is 15.0 Å². The van der Waals surface area contributed by atoms with Gasteiger partial charge in [-0.05, 0) is 37.1 Å². The van der Waals surface area contributed by atoms with Gasteiger partial charge < -0.3 is 9.84 Å². The van der Waals surface area contributed by atoms with E-state index >= 15 is 0 Å². The summed E-state index contributed by atoms with van der Waals surface area (Å²) in [6.07, 6.45) is 0. The normalized spacial score (nSPS) is 10.7. The number of hydrogen-bond donors (Lipinski definition) is 1. The maximum absolute atomic E-state index is 9.51. The number of nitrogens with zero attached hydrogens (tertiary/aromatic N) is 3. The minimum atomic E-state index is -0.168. The summed E-state index contributed by atoms with van der Waals surface area (Å²) in [7, 11) is 0. The Bertz CT molecular complexity index is 777. The van der Waals surface area contributed by atoms with Gasteiger partial charge in [0.15, 0.2) is 0 Å². The third-order valence-electron chi connectivity index (χ3n) is 3.76. The van der Waals surface area contributed by atoms with Crippen molar-refractivity contribution in [2.45, 2.75) is 27.1 Å². The van der Waals surface area contributed by atoms with E-state index < -0.39 is 0 Å². The third kappa shape index (κ3) is 3.10. The van der Waals surface area contributed by atoms with E-state index in [9.17, 15) is 5.11 Å². The molecule has 3 aromatic rings. The average molecular weight is 309 g/mol. The zero-order valence-electron chi connectivity index (χ0n) is 13.2. The first kappa shape index (κ1) is 15.2. The molecule has 23 heavy (non-hydrogen) atoms. The Kier molecular flexibility index (Phi) is 4.39. The molecule has 0 amide bonds. The SMILES string of the molecule is Cc1cccc(C)c1OCc1c(CO)nnn1-c1ccccc1. The molecule has 0 aliphatic carbocycles. The van der Waals surface area contributed by atoms with Gasteiger partial charge in [-0.15, -0.1) is 5.10 Å². The number of aryl methyl sites for hydroxylation is 2. The number of aliphatic hydroxyl groups excluding tert-OH is 1. The highest BCUT2D eigenvalue weighted by molar-refractivity contribution is 5.40. The van der Waals surface area contributed by atoms with Gasteiger partial charge in [0.2, 0.25) is 0 Å². The summed E-state index contributed by atoms with van der Waals surface area (Å²) in [5, 5.41) is 17.7. The van der Waals surface area contributed by atoms with E-state index in [1.165, 1.54) is 0 Å². The first-order valence-corrected chi connectivity index (χ1v) is 7.49. The fourth-order valence-electron chi connectivity index (χ4n) is 2.54. The fraction of sp³-hybridized carbons (Fsp3) is 0.222. The minimum absolute atomic E-state index is 0.168. The largest absolute Gasteiger partial charge is 0.487 e. The summed E-state index contributed by atoms with van der Waals surface area (Å²) in [4.78, 5) is 0. The Morgan fingerprint density at radius 3 is 2.35 bits per heavy atom. The molecule has 0 bridgehead atoms. The molecule has 0 aliphatic rings. The summed E-state index contributed by atoms with van der Waals surface area (Å²) in [6, 6.07) is 15.7. The van der Waals surface area contributed by atoms with Crippen LogP contribution in [0.5, 0.6) is 5.75 Å². The van der Waals surface area contributed by atoms with E-state index in [1.807, 2.05) is 62.4 Å². The molecule has 0 saturated carbocycles. The predicted molar refractivity (Wildman–Crippen MR) is 87.5 cm³/mol. The molecular formula is C18H19N3O2. The standard InChI is InChI=1S/C18H19N3O2/c1-13-7-6-8-14(2)18(13)23-12-17-16(11-22)19-20-21(17)15-9-4-3-5-10-15/h3-10,22H,11-12H2,1-2H3. The van der Waals surface area contributed by atoms with Crippen LogP contribution in [0.15, 0.2) is 48.5 Å². The van der Waals surface area contributed by atoms with Crippen LogP contribution in [0, 0.1) is 13.8 Å². The molecule has 0 atom stereocenters. The molecule has 5 nitrogen and oxygen atoms in total. The van der Waals surface area contributed by atoms with Crippen LogP contribution in [-0.4, -0.2) is 20.1 Å². The molecule has 3 rings (SSSR count). The molecule has 0 spiro atoms. The molecule has 0 fully saturated rings. The molecule has 0 aliphatic heterocycles. The molecule has 5 heteroatoms. The molecule has 118 valence electrons. The second-order valence-corrected chi connectivity index (χ2v) is 5.40. The molecule has 0 saturated heterocycles. The van der Waals surface area contributed by atoms with E-state index in [4.69, 9.17) is 4.74 Å². The second-order valence-electron chi connectivity index (χ2n) is 5.40. The average Bonchev–Trinajstić information content (AvgIpc) is 2.98. The molecular weight excluding hydrogens is 290 g/mol. The lowest BCUT2D eigenvalue weighted by Crippen LogP contribution is -2.08. The van der Waals surface area contributed by atoms with Crippen molar-refractivity contribution < 1.29 is 9.84 Å². The zero-order valence-corrected chi connectivity index (χ0v) is 13.2. The molecule has 1 N–H and O–H groups in total. The number of hydrogen-bond acceptors (Lipinski definition) is 4. The van der Waals surface area contributed by atoms with E-state index in [0.29, 0.717) is 12.3 Å². The summed E-state index contributed by atoms with van der Waals surface area (Å²) in [6.45, 7) is 4.16. The molecule has 1 heterocycles. The minimum Gasteiger partial charge on any atom is -0.487 e. The Hall–Kier alpha value is -2.66. The number of para-hydroxylation sites is 2. The Morgan fingerprint density at radius 1 is 1.00 bits per heavy atom. The van der Waals surface area contributed by atoms with Gasteiger partial charge in [-0.25, -0.2) is 4.68 Å². The predicted octanol–water partition coefficient (Wildman–Crippen LogP) is 2.96. The van der Waals surface area contributed by atoms with Crippen LogP contribution in [0.4, 0.5) is 0 Å². The highest BCUT2D eigenvalue weighted by Crippen LogP contribution is 2.24. The fourth-order valence-corrected chi connectivity index (χ4v) is 2.54. The van der Waals surface area contributed by atoms with Crippen LogP contribution >= 0.6 is 0 Å². The number of ether oxygens (including phenoxy) is 1. The second kappa shape index (κ2) is 6.62. The van der Waals surface area contributed by atoms with E-state index in [1.54, 1.807) is 4.68 Å². The first-order valence-electron chi connectivity index (χ1n) is 7.49. The Morgan fingerprint density at radius 2 is 1.70 bits per heavy atom. The number of aromatic nitrogens is 3. The van der Waals surface area contributed by atoms with Crippen LogP contribution in [0.25, 0.3) is 5.69 Å². The van der Waals surface area contributed by atoms with E-state index in [2.05, 4.69) is 10.3 Å². The number of benzene rings is 2. The molecule has 2 aromatic carbocycles. The first-order chi connectivity index (χ1) is 11.2. The van der Waals surface area contributed by atoms with Crippen molar-refractivity contribution in [2.75, 3.05) is 0 Å². The van der Waals surface area contributed by atoms with E-state index in [0.717, 1.165) is 28.3 Å². The zero-order chi connectivity index (χ0) is 16.2. The van der Waals surface area contributed by atoms with Gasteiger partial charge in [0, 0.05) is 0 Å². The highest BCUT2D eigenvalue weighted by atomic mass is 16.5. The molecule has 0 unspecified atom stereocenters. The van der Waals surface area contributed by atoms with Crippen LogP contribution in [0.3, 0.4) is 0 Å². The van der Waals surface area contributed by atoms with Crippen molar-refractivity contribution in [3.8, 4) is 11.4 Å². The monoisotopic (exact) mass is 309 g/mol. The van der Waals surface area contributed by atoms with Gasteiger partial charge in [0.1, 0.15) is 23.7 Å². The third-order valence-corrected chi connectivity index (χ3v) is 3.76. The lowest BCUT2D eigenvalue weighted by Gasteiger charge is -2.13. The van der Waals surface area contributed by atoms with Crippen molar-refractivity contribution in [3.05, 3.63) is 71.0 Å². The van der Waals surface area contributed by atoms with Gasteiger partial charge in [0.05, 0.1) is 12.3 Å². The van der Waals surface area contributed by atoms with Crippen molar-refractivity contribution in [2.24, 2.45) is 0 Å². The molecule has 0 radical (unpaired) electrons. The summed E-state index contributed by atoms with van der Waals surface area (Å²) < 4.78 is 7.71. The van der Waals surface area contributed by atoms with Crippen LogP contribution in [0.2, 0.25) is 0 Å². The van der Waals surface area contributed by atoms with Crippen molar-refractivity contribution >= 4 is 0 Å². The van der Waals surface area contributed by atoms with Crippen molar-refractivity contribution in [1.29, 1.82) is 0 Å². The van der Waals surface area contributed by atoms with Gasteiger partial charge in [-0.1, -0.05) is 41.6 Å². The van der Waals surface area contributed by atoms with Crippen LogP contribution in [-0.2, 0) is 13.2 Å². The van der Waals surface area contributed by atoms with Gasteiger partial charge in [-0.3, -0.25) is 0 Å².